The average molecular weight is 680 g/mol. The van der Waals surface area contributed by atoms with Crippen LogP contribution < -0.4 is 0 Å². The highest BCUT2D eigenvalue weighted by atomic mass is 32.1. The van der Waals surface area contributed by atoms with Crippen molar-refractivity contribution in [3.63, 3.8) is 0 Å². The molecule has 11 rings (SSSR count). The summed E-state index contributed by atoms with van der Waals surface area (Å²) in [6.07, 6.45) is 0. The van der Waals surface area contributed by atoms with Crippen molar-refractivity contribution in [2.24, 2.45) is 0 Å². The van der Waals surface area contributed by atoms with Crippen LogP contribution in [0.5, 0.6) is 0 Å². The second kappa shape index (κ2) is 11.5. The average Bonchev–Trinajstić information content (AvgIpc) is 3.74. The van der Waals surface area contributed by atoms with Crippen LogP contribution in [0.3, 0.4) is 0 Å². The summed E-state index contributed by atoms with van der Waals surface area (Å²) in [6.45, 7) is 0. The fraction of sp³-hybridized carbons (Fsp3) is 0. The summed E-state index contributed by atoms with van der Waals surface area (Å²) in [5.74, 6) is 0.818. The van der Waals surface area contributed by atoms with Gasteiger partial charge in [0.15, 0.2) is 5.82 Å². The van der Waals surface area contributed by atoms with Gasteiger partial charge in [-0.25, -0.2) is 9.97 Å². The maximum Gasteiger partial charge on any atom is 0.165 e. The lowest BCUT2D eigenvalue weighted by Gasteiger charge is -2.16. The molecule has 0 aliphatic rings. The highest BCUT2D eigenvalue weighted by molar-refractivity contribution is 7.25. The van der Waals surface area contributed by atoms with Crippen molar-refractivity contribution in [1.29, 1.82) is 0 Å². The number of fused-ring (bicyclic) bond motifs is 8. The van der Waals surface area contributed by atoms with Gasteiger partial charge in [0, 0.05) is 36.5 Å². The van der Waals surface area contributed by atoms with Crippen molar-refractivity contribution >= 4 is 75.1 Å². The molecule has 0 fully saturated rings. The minimum atomic E-state index is 0.818. The number of nitrogens with zero attached hydrogens (tertiary/aromatic N) is 3. The summed E-state index contributed by atoms with van der Waals surface area (Å²) in [5.41, 5.74) is 10.4. The largest absolute Gasteiger partial charge is 0.292 e. The summed E-state index contributed by atoms with van der Waals surface area (Å²) in [6, 6.07) is 63.0. The van der Waals surface area contributed by atoms with Crippen LogP contribution in [0.4, 0.5) is 0 Å². The van der Waals surface area contributed by atoms with Gasteiger partial charge in [-0.2, -0.15) is 0 Å². The Balaban J connectivity index is 1.23. The first-order valence-corrected chi connectivity index (χ1v) is 18.4. The molecule has 3 nitrogen and oxygen atoms in total. The molecule has 0 aliphatic heterocycles. The second-order valence-corrected chi connectivity index (χ2v) is 14.5. The normalized spacial score (nSPS) is 11.8. The Morgan fingerprint density at radius 2 is 1.00 bits per heavy atom. The van der Waals surface area contributed by atoms with E-state index in [1.54, 1.807) is 0 Å². The molecule has 0 radical (unpaired) electrons. The molecule has 4 heteroatoms. The molecule has 0 bridgehead atoms. The molecular weight excluding hydrogens is 651 g/mol. The van der Waals surface area contributed by atoms with Gasteiger partial charge < -0.3 is 0 Å². The van der Waals surface area contributed by atoms with E-state index in [4.69, 9.17) is 9.97 Å². The molecule has 11 aromatic rings. The Bertz CT molecular complexity index is 3180. The number of aromatic nitrogens is 3. The molecule has 3 aromatic heterocycles. The van der Waals surface area contributed by atoms with Gasteiger partial charge in [0.1, 0.15) is 5.69 Å². The third-order valence-corrected chi connectivity index (χ3v) is 11.5. The SMILES string of the molecule is c1ccc(-c2cc3nc(-c4ccccc4)c(-n4c5ccccc5c5cc6ccccc6cc54)nc3cc2-c2ccc3c(c2)sc2ccccc23)cc1. The van der Waals surface area contributed by atoms with Gasteiger partial charge in [0.2, 0.25) is 0 Å². The summed E-state index contributed by atoms with van der Waals surface area (Å²) >= 11 is 1.85. The van der Waals surface area contributed by atoms with Crippen molar-refractivity contribution in [2.75, 3.05) is 0 Å². The number of benzene rings is 8. The van der Waals surface area contributed by atoms with E-state index in [1.807, 2.05) is 11.3 Å². The van der Waals surface area contributed by atoms with E-state index < -0.39 is 0 Å². The minimum Gasteiger partial charge on any atom is -0.292 e. The second-order valence-electron chi connectivity index (χ2n) is 13.4. The fourth-order valence-corrected chi connectivity index (χ4v) is 9.06. The van der Waals surface area contributed by atoms with E-state index in [1.165, 1.54) is 47.3 Å². The maximum atomic E-state index is 5.60. The Labute approximate surface area is 303 Å². The van der Waals surface area contributed by atoms with Gasteiger partial charge in [-0.1, -0.05) is 133 Å². The number of hydrogen-bond acceptors (Lipinski definition) is 3. The van der Waals surface area contributed by atoms with Gasteiger partial charge >= 0.3 is 0 Å². The highest BCUT2D eigenvalue weighted by Gasteiger charge is 2.21. The lowest BCUT2D eigenvalue weighted by atomic mass is 9.93. The molecule has 0 saturated heterocycles. The fourth-order valence-electron chi connectivity index (χ4n) is 7.91. The minimum absolute atomic E-state index is 0.818. The van der Waals surface area contributed by atoms with Gasteiger partial charge in [0.05, 0.1) is 22.1 Å². The van der Waals surface area contributed by atoms with Crippen LogP contribution in [0.25, 0.3) is 103 Å². The molecule has 242 valence electrons. The van der Waals surface area contributed by atoms with Crippen molar-refractivity contribution in [3.05, 3.63) is 176 Å². The molecule has 0 aliphatic carbocycles. The van der Waals surface area contributed by atoms with Crippen LogP contribution in [-0.4, -0.2) is 14.5 Å². The molecule has 0 N–H and O–H groups in total. The smallest absolute Gasteiger partial charge is 0.165 e. The number of rotatable bonds is 4. The van der Waals surface area contributed by atoms with Crippen molar-refractivity contribution in [3.8, 4) is 39.3 Å². The third kappa shape index (κ3) is 4.51. The zero-order chi connectivity index (χ0) is 34.2. The lowest BCUT2D eigenvalue weighted by Crippen LogP contribution is -2.04. The van der Waals surface area contributed by atoms with E-state index in [9.17, 15) is 0 Å². The number of thiophene rings is 1. The maximum absolute atomic E-state index is 5.60. The van der Waals surface area contributed by atoms with Crippen molar-refractivity contribution < 1.29 is 0 Å². The van der Waals surface area contributed by atoms with E-state index in [0.29, 0.717) is 0 Å². The first-order chi connectivity index (χ1) is 25.8. The first-order valence-electron chi connectivity index (χ1n) is 17.6. The Morgan fingerprint density at radius 3 is 1.81 bits per heavy atom. The van der Waals surface area contributed by atoms with Crippen LogP contribution in [0.1, 0.15) is 0 Å². The Hall–Kier alpha value is -6.62. The van der Waals surface area contributed by atoms with E-state index in [-0.39, 0.29) is 0 Å². The molecule has 0 spiro atoms. The molecule has 8 aromatic carbocycles. The summed E-state index contributed by atoms with van der Waals surface area (Å²) < 4.78 is 4.90. The molecule has 0 amide bonds. The number of hydrogen-bond donors (Lipinski definition) is 0. The van der Waals surface area contributed by atoms with Crippen LogP contribution in [-0.2, 0) is 0 Å². The molecular formula is C48H29N3S. The standard InChI is InChI=1S/C48H29N3S/c1-3-13-30(14-4-1)38-28-41-42(29-39(38)34-23-24-37-36-20-10-12-22-45(36)52-46(37)27-34)50-48(47(49-41)31-15-5-2-6-16-31)51-43-21-11-9-19-35(43)40-25-32-17-7-8-18-33(32)26-44(40)51/h1-29H. The van der Waals surface area contributed by atoms with E-state index in [2.05, 4.69) is 180 Å². The topological polar surface area (TPSA) is 30.7 Å². The zero-order valence-electron chi connectivity index (χ0n) is 28.0. The van der Waals surface area contributed by atoms with Crippen LogP contribution in [0.2, 0.25) is 0 Å². The van der Waals surface area contributed by atoms with E-state index >= 15 is 0 Å². The zero-order valence-corrected chi connectivity index (χ0v) is 28.8. The van der Waals surface area contributed by atoms with Crippen molar-refractivity contribution in [2.45, 2.75) is 0 Å². The third-order valence-electron chi connectivity index (χ3n) is 10.4. The van der Waals surface area contributed by atoms with Crippen LogP contribution in [0.15, 0.2) is 176 Å². The van der Waals surface area contributed by atoms with Crippen molar-refractivity contribution in [1.82, 2.24) is 14.5 Å². The van der Waals surface area contributed by atoms with Gasteiger partial charge in [0.25, 0.3) is 0 Å². The summed E-state index contributed by atoms with van der Waals surface area (Å²) in [7, 11) is 0. The molecule has 52 heavy (non-hydrogen) atoms. The van der Waals surface area contributed by atoms with Gasteiger partial charge in [-0.05, 0) is 75.5 Å². The van der Waals surface area contributed by atoms with Gasteiger partial charge in [-0.15, -0.1) is 11.3 Å². The summed E-state index contributed by atoms with van der Waals surface area (Å²) in [4.78, 5) is 11.1. The Kier molecular flexibility index (Phi) is 6.42. The van der Waals surface area contributed by atoms with E-state index in [0.717, 1.165) is 55.8 Å². The lowest BCUT2D eigenvalue weighted by molar-refractivity contribution is 1.08. The van der Waals surface area contributed by atoms with Crippen LogP contribution in [0, 0.1) is 0 Å². The monoisotopic (exact) mass is 679 g/mol. The first kappa shape index (κ1) is 29.1. The Morgan fingerprint density at radius 1 is 0.385 bits per heavy atom. The molecule has 3 heterocycles. The summed E-state index contributed by atoms with van der Waals surface area (Å²) in [5, 5.41) is 7.41. The molecule has 0 atom stereocenters. The van der Waals surface area contributed by atoms with Gasteiger partial charge in [-0.3, -0.25) is 4.57 Å². The highest BCUT2D eigenvalue weighted by Crippen LogP contribution is 2.42. The quantitative estimate of drug-likeness (QED) is 0.185. The number of para-hydroxylation sites is 1. The molecule has 0 unspecified atom stereocenters. The molecule has 0 saturated carbocycles. The van der Waals surface area contributed by atoms with Crippen LogP contribution >= 0.6 is 11.3 Å². The predicted octanol–water partition coefficient (Wildman–Crippen LogP) is 13.2. The predicted molar refractivity (Wildman–Crippen MR) is 221 cm³/mol.